The van der Waals surface area contributed by atoms with Gasteiger partial charge < -0.3 is 14.4 Å². The molecule has 2 aliphatic rings. The van der Waals surface area contributed by atoms with Crippen LogP contribution in [0.1, 0.15) is 32.8 Å². The third kappa shape index (κ3) is 4.78. The number of carbonyl (C=O) groups is 1. The van der Waals surface area contributed by atoms with Crippen LogP contribution >= 0.6 is 0 Å². The molecule has 0 radical (unpaired) electrons. The fraction of sp³-hybridized carbons (Fsp3) is 0.579. The van der Waals surface area contributed by atoms with Gasteiger partial charge in [-0.3, -0.25) is 0 Å². The van der Waals surface area contributed by atoms with Crippen molar-refractivity contribution in [1.82, 2.24) is 9.80 Å². The van der Waals surface area contributed by atoms with Crippen LogP contribution in [0.4, 0.5) is 4.79 Å². The Morgan fingerprint density at radius 3 is 2.64 bits per heavy atom. The number of carbonyl (C=O) groups excluding carboxylic acids is 1. The van der Waals surface area contributed by atoms with Gasteiger partial charge in [0.1, 0.15) is 10.9 Å². The minimum Gasteiger partial charge on any atom is -0.410 e. The molecule has 0 saturated carbocycles. The number of ether oxygens (including phenoxy) is 2. The molecule has 2 saturated heterocycles. The van der Waals surface area contributed by atoms with Crippen LogP contribution in [0.5, 0.6) is 5.75 Å². The molecular formula is C19H26N4O5. The quantitative estimate of drug-likeness (QED) is 0.566. The smallest absolute Gasteiger partial charge is 0.410 e. The summed E-state index contributed by atoms with van der Waals surface area (Å²) in [5.41, 5.74) is 0.929. The average Bonchev–Trinajstić information content (AvgIpc) is 3.18. The molecule has 28 heavy (non-hydrogen) atoms. The summed E-state index contributed by atoms with van der Waals surface area (Å²) in [5.74, 6) is 0.640. The lowest BCUT2D eigenvalue weighted by molar-refractivity contribution is -0.486. The van der Waals surface area contributed by atoms with E-state index in [4.69, 9.17) is 9.47 Å². The summed E-state index contributed by atoms with van der Waals surface area (Å²) in [6.07, 6.45) is 1.07. The van der Waals surface area contributed by atoms with Gasteiger partial charge in [-0.1, -0.05) is 19.1 Å². The van der Waals surface area contributed by atoms with Gasteiger partial charge in [0.15, 0.2) is 5.03 Å². The maximum atomic E-state index is 12.6. The van der Waals surface area contributed by atoms with E-state index in [1.807, 2.05) is 32.9 Å². The van der Waals surface area contributed by atoms with Crippen molar-refractivity contribution in [2.24, 2.45) is 11.0 Å². The summed E-state index contributed by atoms with van der Waals surface area (Å²) in [4.78, 5) is 26.6. The lowest BCUT2D eigenvalue weighted by atomic mass is 9.97. The second-order valence-electron chi connectivity index (χ2n) is 7.74. The molecule has 1 amide bonds. The first-order chi connectivity index (χ1) is 13.3. The van der Waals surface area contributed by atoms with Crippen LogP contribution in [-0.2, 0) is 11.2 Å². The Bertz CT molecular complexity index is 762. The molecule has 2 heterocycles. The highest BCUT2D eigenvalue weighted by Gasteiger charge is 2.39. The van der Waals surface area contributed by atoms with E-state index in [0.29, 0.717) is 25.4 Å². The molecule has 1 aromatic carbocycles. The summed E-state index contributed by atoms with van der Waals surface area (Å²) >= 11 is 0. The van der Waals surface area contributed by atoms with Gasteiger partial charge in [0.05, 0.1) is 18.8 Å². The van der Waals surface area contributed by atoms with E-state index in [2.05, 4.69) is 5.10 Å². The van der Waals surface area contributed by atoms with Gasteiger partial charge in [-0.05, 0) is 44.4 Å². The maximum absolute atomic E-state index is 12.6. The minimum atomic E-state index is -0.779. The molecule has 0 aromatic heterocycles. The zero-order valence-electron chi connectivity index (χ0n) is 16.5. The number of aryl methyl sites for hydroxylation is 1. The van der Waals surface area contributed by atoms with Crippen LogP contribution < -0.4 is 4.74 Å². The first kappa shape index (κ1) is 20.1. The molecule has 0 spiro atoms. The molecule has 0 aliphatic carbocycles. The summed E-state index contributed by atoms with van der Waals surface area (Å²) in [6.45, 7) is 7.97. The van der Waals surface area contributed by atoms with E-state index in [1.54, 1.807) is 17.0 Å². The van der Waals surface area contributed by atoms with E-state index in [1.165, 1.54) is 4.90 Å². The summed E-state index contributed by atoms with van der Waals surface area (Å²) in [5, 5.41) is 13.7. The predicted molar refractivity (Wildman–Crippen MR) is 103 cm³/mol. The number of nitro groups is 1. The number of guanidine groups is 1. The maximum Gasteiger partial charge on any atom is 0.422 e. The highest BCUT2D eigenvalue weighted by atomic mass is 16.7. The van der Waals surface area contributed by atoms with Crippen LogP contribution in [0, 0.1) is 16.0 Å². The fourth-order valence-electron chi connectivity index (χ4n) is 3.66. The molecule has 0 N–H and O–H groups in total. The van der Waals surface area contributed by atoms with Gasteiger partial charge in [0.2, 0.25) is 0 Å². The van der Waals surface area contributed by atoms with Crippen molar-refractivity contribution >= 4 is 12.1 Å². The molecule has 2 aliphatic heterocycles. The van der Waals surface area contributed by atoms with E-state index >= 15 is 0 Å². The highest BCUT2D eigenvalue weighted by molar-refractivity contribution is 5.96. The number of rotatable bonds is 5. The molecule has 1 atom stereocenters. The Kier molecular flexibility index (Phi) is 5.83. The van der Waals surface area contributed by atoms with E-state index in [-0.39, 0.29) is 24.0 Å². The second-order valence-corrected chi connectivity index (χ2v) is 7.74. The number of benzene rings is 1. The van der Waals surface area contributed by atoms with Crippen LogP contribution in [0.25, 0.3) is 0 Å². The zero-order chi connectivity index (χ0) is 20.3. The van der Waals surface area contributed by atoms with Gasteiger partial charge in [0, 0.05) is 19.0 Å². The lowest BCUT2D eigenvalue weighted by Crippen LogP contribution is -2.41. The van der Waals surface area contributed by atoms with Crippen molar-refractivity contribution in [3.8, 4) is 5.75 Å². The van der Waals surface area contributed by atoms with E-state index in [0.717, 1.165) is 18.4 Å². The van der Waals surface area contributed by atoms with Gasteiger partial charge in [-0.25, -0.2) is 19.8 Å². The highest BCUT2D eigenvalue weighted by Crippen LogP contribution is 2.30. The Morgan fingerprint density at radius 1 is 1.36 bits per heavy atom. The standard InChI is InChI=1S/C19H26N4O5/c1-4-14-5-7-16(8-6-14)28-18(24)22-10-9-21(17(22)20-23(25)26)12-15-11-19(2,3)27-13-15/h5-8,15H,4,9-13H2,1-3H3. The molecule has 2 fully saturated rings. The normalized spacial score (nSPS) is 22.7. The van der Waals surface area contributed by atoms with Crippen LogP contribution in [0.15, 0.2) is 29.4 Å². The Hall–Kier alpha value is -2.68. The van der Waals surface area contributed by atoms with Gasteiger partial charge >= 0.3 is 6.09 Å². The van der Waals surface area contributed by atoms with Crippen molar-refractivity contribution < 1.29 is 19.3 Å². The molecular weight excluding hydrogens is 364 g/mol. The number of hydrogen-bond donors (Lipinski definition) is 0. The van der Waals surface area contributed by atoms with Crippen LogP contribution in [0.3, 0.4) is 0 Å². The molecule has 9 nitrogen and oxygen atoms in total. The van der Waals surface area contributed by atoms with Crippen molar-refractivity contribution in [3.05, 3.63) is 39.9 Å². The van der Waals surface area contributed by atoms with Crippen molar-refractivity contribution in [3.63, 3.8) is 0 Å². The largest absolute Gasteiger partial charge is 0.422 e. The molecule has 1 unspecified atom stereocenters. The molecule has 3 rings (SSSR count). The number of hydrazone groups is 1. The first-order valence-electron chi connectivity index (χ1n) is 9.47. The van der Waals surface area contributed by atoms with Crippen LogP contribution in [0.2, 0.25) is 0 Å². The van der Waals surface area contributed by atoms with Gasteiger partial charge in [-0.15, -0.1) is 0 Å². The van der Waals surface area contributed by atoms with Crippen molar-refractivity contribution in [2.75, 3.05) is 26.2 Å². The van der Waals surface area contributed by atoms with Gasteiger partial charge in [0.25, 0.3) is 5.96 Å². The number of nitrogens with zero attached hydrogens (tertiary/aromatic N) is 4. The topological polar surface area (TPSA) is 97.5 Å². The monoisotopic (exact) mass is 390 g/mol. The molecule has 9 heteroatoms. The zero-order valence-corrected chi connectivity index (χ0v) is 16.5. The average molecular weight is 390 g/mol. The van der Waals surface area contributed by atoms with E-state index < -0.39 is 11.1 Å². The minimum absolute atomic E-state index is 0.0184. The fourth-order valence-corrected chi connectivity index (χ4v) is 3.66. The summed E-state index contributed by atoms with van der Waals surface area (Å²) in [7, 11) is 0. The van der Waals surface area contributed by atoms with Gasteiger partial charge in [-0.2, -0.15) is 0 Å². The first-order valence-corrected chi connectivity index (χ1v) is 9.47. The molecule has 1 aromatic rings. The van der Waals surface area contributed by atoms with Crippen LogP contribution in [-0.4, -0.2) is 58.7 Å². The molecule has 152 valence electrons. The third-order valence-corrected chi connectivity index (χ3v) is 5.01. The van der Waals surface area contributed by atoms with Crippen molar-refractivity contribution in [1.29, 1.82) is 0 Å². The summed E-state index contributed by atoms with van der Waals surface area (Å²) < 4.78 is 11.1. The van der Waals surface area contributed by atoms with Crippen molar-refractivity contribution in [2.45, 2.75) is 39.2 Å². The Balaban J connectivity index is 1.69. The Labute approximate surface area is 164 Å². The summed E-state index contributed by atoms with van der Waals surface area (Å²) in [6, 6.07) is 7.19. The Morgan fingerprint density at radius 2 is 2.07 bits per heavy atom. The lowest BCUT2D eigenvalue weighted by Gasteiger charge is -2.22. The molecule has 0 bridgehead atoms. The van der Waals surface area contributed by atoms with E-state index in [9.17, 15) is 14.9 Å². The number of amides is 1. The third-order valence-electron chi connectivity index (χ3n) is 5.01. The second kappa shape index (κ2) is 8.14. The SMILES string of the molecule is CCc1ccc(OC(=O)N2CCN(CC3COC(C)(C)C3)C2=N[N+](=O)[O-])cc1. The predicted octanol–water partition coefficient (Wildman–Crippen LogP) is 2.73. The number of hydrogen-bond acceptors (Lipinski definition) is 5.